The first-order valence-corrected chi connectivity index (χ1v) is 17.0. The minimum absolute atomic E-state index is 0.0178. The highest BCUT2D eigenvalue weighted by Crippen LogP contribution is 2.21. The summed E-state index contributed by atoms with van der Waals surface area (Å²) in [5, 5.41) is 37.2. The summed E-state index contributed by atoms with van der Waals surface area (Å²) in [4.78, 5) is 77.0. The van der Waals surface area contributed by atoms with Crippen molar-refractivity contribution in [3.8, 4) is 5.75 Å². The number of carbonyl (C=O) groups is 6. The maximum Gasteiger partial charge on any atom is 0.490 e. The molecule has 57 heavy (non-hydrogen) atoms. The van der Waals surface area contributed by atoms with Crippen LogP contribution in [0.3, 0.4) is 0 Å². The van der Waals surface area contributed by atoms with Gasteiger partial charge in [0.05, 0.1) is 7.11 Å². The van der Waals surface area contributed by atoms with E-state index >= 15 is 0 Å². The lowest BCUT2D eigenvalue weighted by molar-refractivity contribution is -0.192. The molecule has 0 aliphatic carbocycles. The zero-order chi connectivity index (χ0) is 42.4. The third-order valence-electron chi connectivity index (χ3n) is 8.49. The van der Waals surface area contributed by atoms with Gasteiger partial charge in [0.2, 0.25) is 11.8 Å². The topological polar surface area (TPSA) is 282 Å². The Balaban J connectivity index is 0.00000113. The van der Waals surface area contributed by atoms with Crippen molar-refractivity contribution in [2.24, 2.45) is 11.5 Å². The van der Waals surface area contributed by atoms with Gasteiger partial charge in [-0.05, 0) is 54.8 Å². The summed E-state index contributed by atoms with van der Waals surface area (Å²) in [5.74, 6) is -5.65. The van der Waals surface area contributed by atoms with Gasteiger partial charge in [-0.3, -0.25) is 34.8 Å². The maximum absolute atomic E-state index is 14.3. The van der Waals surface area contributed by atoms with E-state index in [-0.39, 0.29) is 62.0 Å². The van der Waals surface area contributed by atoms with Crippen molar-refractivity contribution in [1.29, 1.82) is 10.8 Å². The number of aliphatic carboxylic acids is 2. The lowest BCUT2D eigenvalue weighted by atomic mass is 9.99. The molecule has 0 bridgehead atoms. The molecule has 3 aromatic rings. The fourth-order valence-electron chi connectivity index (χ4n) is 5.54. The number of hydrogen-bond donors (Lipinski definition) is 8. The SMILES string of the molecule is COc1ccc(CC(NC(=O)c2ccc(C(=N)N)cc2)C(=O)N2CCN(CC(=O)O)C(=O)[C@@H]2CCCNC(=O)c2ccc(C(=N)N)cc2)cc1.O=C(O)C(F)(F)F. The van der Waals surface area contributed by atoms with E-state index in [0.717, 1.165) is 0 Å². The van der Waals surface area contributed by atoms with Gasteiger partial charge in [0.25, 0.3) is 11.8 Å². The van der Waals surface area contributed by atoms with Gasteiger partial charge >= 0.3 is 18.1 Å². The van der Waals surface area contributed by atoms with Crippen molar-refractivity contribution in [2.45, 2.75) is 37.5 Å². The van der Waals surface area contributed by atoms with E-state index in [9.17, 15) is 42.3 Å². The Kier molecular flexibility index (Phi) is 15.6. The van der Waals surface area contributed by atoms with E-state index in [1.165, 1.54) is 53.3 Å². The van der Waals surface area contributed by atoms with Gasteiger partial charge in [-0.1, -0.05) is 36.4 Å². The molecule has 0 aromatic heterocycles. The number of amides is 4. The van der Waals surface area contributed by atoms with Crippen LogP contribution in [-0.4, -0.2) is 119 Å². The van der Waals surface area contributed by atoms with E-state index in [1.54, 1.807) is 36.4 Å². The van der Waals surface area contributed by atoms with E-state index in [0.29, 0.717) is 28.0 Å². The molecule has 10 N–H and O–H groups in total. The van der Waals surface area contributed by atoms with Crippen LogP contribution in [0, 0.1) is 10.8 Å². The smallest absolute Gasteiger partial charge is 0.490 e. The fraction of sp³-hybridized carbons (Fsp3) is 0.297. The summed E-state index contributed by atoms with van der Waals surface area (Å²) in [6.07, 6.45) is -4.62. The Hall–Kier alpha value is -6.99. The van der Waals surface area contributed by atoms with Gasteiger partial charge in [-0.15, -0.1) is 0 Å². The summed E-state index contributed by atoms with van der Waals surface area (Å²) in [6, 6.07) is 17.0. The molecular weight excluding hydrogens is 757 g/mol. The highest BCUT2D eigenvalue weighted by Gasteiger charge is 2.40. The van der Waals surface area contributed by atoms with E-state index in [4.69, 9.17) is 36.9 Å². The summed E-state index contributed by atoms with van der Waals surface area (Å²) < 4.78 is 37.0. The number of nitrogens with zero attached hydrogens (tertiary/aromatic N) is 2. The molecule has 0 radical (unpaired) electrons. The van der Waals surface area contributed by atoms with Crippen molar-refractivity contribution in [2.75, 3.05) is 33.3 Å². The second-order valence-corrected chi connectivity index (χ2v) is 12.5. The standard InChI is InChI=1S/C35H40N8O7.C2HF3O2/c1-50-26-14-4-21(5-15-26)19-27(41-33(47)25-12-8-23(9-13-25)31(38)39)34(48)43-18-17-42(20-29(44)45)35(49)28(43)3-2-16-40-32(46)24-10-6-22(7-11-24)30(36)37;3-2(4,5)1(6)7/h4-15,27-28H,2-3,16-20H2,1H3,(H3,36,37)(H3,38,39)(H,40,46)(H,41,47)(H,44,45);(H,6,7)/t27?,28-;/m0./s1. The number of carbonyl (C=O) groups excluding carboxylic acids is 4. The number of methoxy groups -OCH3 is 1. The fourth-order valence-corrected chi connectivity index (χ4v) is 5.54. The van der Waals surface area contributed by atoms with Crippen LogP contribution < -0.4 is 26.8 Å². The third kappa shape index (κ3) is 13.1. The number of benzene rings is 3. The Bertz CT molecular complexity index is 1960. The number of nitrogens with one attached hydrogen (secondary N) is 4. The lowest BCUT2D eigenvalue weighted by Crippen LogP contribution is -2.63. The number of nitrogen functional groups attached to an aromatic ring is 2. The predicted molar refractivity (Wildman–Crippen MR) is 198 cm³/mol. The molecule has 2 atom stereocenters. The maximum atomic E-state index is 14.3. The van der Waals surface area contributed by atoms with E-state index in [1.807, 2.05) is 0 Å². The molecule has 0 saturated carbocycles. The second kappa shape index (κ2) is 20.1. The number of piperazine rings is 1. The Morgan fingerprint density at radius 3 is 1.79 bits per heavy atom. The first-order valence-electron chi connectivity index (χ1n) is 17.0. The first kappa shape index (κ1) is 44.4. The number of hydrogen-bond acceptors (Lipinski definition) is 9. The van der Waals surface area contributed by atoms with Gasteiger partial charge in [0, 0.05) is 48.3 Å². The van der Waals surface area contributed by atoms with Crippen LogP contribution in [0.25, 0.3) is 0 Å². The highest BCUT2D eigenvalue weighted by atomic mass is 19.4. The van der Waals surface area contributed by atoms with Crippen LogP contribution in [0.1, 0.15) is 50.2 Å². The van der Waals surface area contributed by atoms with Gasteiger partial charge < -0.3 is 46.9 Å². The number of carboxylic acids is 2. The lowest BCUT2D eigenvalue weighted by Gasteiger charge is -2.41. The van der Waals surface area contributed by atoms with Crippen LogP contribution in [0.2, 0.25) is 0 Å². The third-order valence-corrected chi connectivity index (χ3v) is 8.49. The monoisotopic (exact) mass is 798 g/mol. The molecular formula is C37H41F3N8O9. The van der Waals surface area contributed by atoms with E-state index in [2.05, 4.69) is 10.6 Å². The molecule has 1 heterocycles. The molecule has 1 saturated heterocycles. The Labute approximate surface area is 323 Å². The number of amidine groups is 2. The largest absolute Gasteiger partial charge is 0.497 e. The normalized spacial score (nSPS) is 14.3. The average Bonchev–Trinajstić information content (AvgIpc) is 3.17. The van der Waals surface area contributed by atoms with Crippen molar-refractivity contribution in [3.63, 3.8) is 0 Å². The van der Waals surface area contributed by atoms with Crippen LogP contribution in [0.15, 0.2) is 72.8 Å². The van der Waals surface area contributed by atoms with Crippen LogP contribution in [0.5, 0.6) is 5.75 Å². The molecule has 304 valence electrons. The van der Waals surface area contributed by atoms with E-state index < -0.39 is 54.5 Å². The number of alkyl halides is 3. The molecule has 20 heteroatoms. The summed E-state index contributed by atoms with van der Waals surface area (Å²) in [5.41, 5.74) is 13.2. The van der Waals surface area contributed by atoms with Crippen molar-refractivity contribution in [1.82, 2.24) is 20.4 Å². The van der Waals surface area contributed by atoms with Crippen LogP contribution in [-0.2, 0) is 25.6 Å². The summed E-state index contributed by atoms with van der Waals surface area (Å²) in [6.45, 7) is -0.372. The zero-order valence-corrected chi connectivity index (χ0v) is 30.5. The first-order chi connectivity index (χ1) is 26.8. The highest BCUT2D eigenvalue weighted by molar-refractivity contribution is 6.01. The molecule has 4 amide bonds. The number of halogens is 3. The second-order valence-electron chi connectivity index (χ2n) is 12.5. The van der Waals surface area contributed by atoms with Gasteiger partial charge in [0.1, 0.15) is 36.0 Å². The van der Waals surface area contributed by atoms with Crippen LogP contribution in [0.4, 0.5) is 13.2 Å². The molecule has 17 nitrogen and oxygen atoms in total. The quantitative estimate of drug-likeness (QED) is 0.0621. The molecule has 1 fully saturated rings. The molecule has 0 spiro atoms. The molecule has 1 unspecified atom stereocenters. The number of rotatable bonds is 15. The molecule has 4 rings (SSSR count). The number of ether oxygens (including phenoxy) is 1. The number of carboxylic acid groups (broad SMARTS) is 2. The number of nitrogens with two attached hydrogens (primary N) is 2. The minimum Gasteiger partial charge on any atom is -0.497 e. The van der Waals surface area contributed by atoms with Crippen LogP contribution >= 0.6 is 0 Å². The minimum atomic E-state index is -5.08. The van der Waals surface area contributed by atoms with Gasteiger partial charge in [-0.2, -0.15) is 13.2 Å². The summed E-state index contributed by atoms with van der Waals surface area (Å²) >= 11 is 0. The predicted octanol–water partition coefficient (Wildman–Crippen LogP) is 1.57. The Morgan fingerprint density at radius 1 is 0.842 bits per heavy atom. The zero-order valence-electron chi connectivity index (χ0n) is 30.5. The molecule has 1 aliphatic heterocycles. The molecule has 1 aliphatic rings. The van der Waals surface area contributed by atoms with Crippen molar-refractivity contribution >= 4 is 47.2 Å². The van der Waals surface area contributed by atoms with Gasteiger partial charge in [-0.25, -0.2) is 4.79 Å². The molecule has 3 aromatic carbocycles. The van der Waals surface area contributed by atoms with Gasteiger partial charge in [0.15, 0.2) is 0 Å². The van der Waals surface area contributed by atoms with Crippen molar-refractivity contribution < 1.29 is 56.9 Å². The Morgan fingerprint density at radius 2 is 1.33 bits per heavy atom. The summed E-state index contributed by atoms with van der Waals surface area (Å²) in [7, 11) is 1.53. The average molecular weight is 799 g/mol. The van der Waals surface area contributed by atoms with Crippen molar-refractivity contribution in [3.05, 3.63) is 101 Å².